The SMILES string of the molecule is COc1ccc(CCNC(=O)c2cc(OC)c(OC)cc2N(Cc2ccccc2F)S(C)(=O)=O)cc1OC. The number of benzene rings is 3. The molecule has 0 aliphatic carbocycles. The van der Waals surface area contributed by atoms with Crippen LogP contribution in [0.25, 0.3) is 0 Å². The smallest absolute Gasteiger partial charge is 0.253 e. The van der Waals surface area contributed by atoms with Crippen molar-refractivity contribution in [3.05, 3.63) is 77.1 Å². The molecule has 0 heterocycles. The van der Waals surface area contributed by atoms with E-state index in [1.54, 1.807) is 19.2 Å². The molecular formula is C27H31FN2O7S. The van der Waals surface area contributed by atoms with Gasteiger partial charge >= 0.3 is 0 Å². The van der Waals surface area contributed by atoms with Crippen LogP contribution in [0.3, 0.4) is 0 Å². The summed E-state index contributed by atoms with van der Waals surface area (Å²) < 4.78 is 62.4. The Balaban J connectivity index is 1.95. The summed E-state index contributed by atoms with van der Waals surface area (Å²) >= 11 is 0. The summed E-state index contributed by atoms with van der Waals surface area (Å²) in [4.78, 5) is 13.4. The predicted molar refractivity (Wildman–Crippen MR) is 143 cm³/mol. The van der Waals surface area contributed by atoms with Crippen molar-refractivity contribution in [1.29, 1.82) is 0 Å². The Morgan fingerprint density at radius 3 is 2.08 bits per heavy atom. The van der Waals surface area contributed by atoms with E-state index >= 15 is 0 Å². The van der Waals surface area contributed by atoms with E-state index in [2.05, 4.69) is 5.32 Å². The van der Waals surface area contributed by atoms with Crippen LogP contribution in [-0.4, -0.2) is 55.6 Å². The second kappa shape index (κ2) is 12.5. The normalized spacial score (nSPS) is 11.0. The first-order chi connectivity index (χ1) is 18.1. The molecular weight excluding hydrogens is 515 g/mol. The molecule has 0 unspecified atom stereocenters. The van der Waals surface area contributed by atoms with Crippen LogP contribution in [0.5, 0.6) is 23.0 Å². The first-order valence-electron chi connectivity index (χ1n) is 11.6. The molecule has 3 aromatic carbocycles. The first kappa shape index (κ1) is 28.6. The molecule has 3 aromatic rings. The van der Waals surface area contributed by atoms with E-state index in [-0.39, 0.29) is 41.4 Å². The molecule has 0 aromatic heterocycles. The number of amides is 1. The number of rotatable bonds is 12. The van der Waals surface area contributed by atoms with E-state index in [0.29, 0.717) is 17.9 Å². The topological polar surface area (TPSA) is 103 Å². The third kappa shape index (κ3) is 6.65. The van der Waals surface area contributed by atoms with Gasteiger partial charge in [-0.3, -0.25) is 9.10 Å². The Hall–Kier alpha value is -3.99. The number of methoxy groups -OCH3 is 4. The van der Waals surface area contributed by atoms with E-state index in [9.17, 15) is 17.6 Å². The van der Waals surface area contributed by atoms with Crippen molar-refractivity contribution in [3.8, 4) is 23.0 Å². The fourth-order valence-electron chi connectivity index (χ4n) is 3.87. The summed E-state index contributed by atoms with van der Waals surface area (Å²) in [6.07, 6.45) is 1.46. The van der Waals surface area contributed by atoms with Gasteiger partial charge in [-0.05, 0) is 36.2 Å². The lowest BCUT2D eigenvalue weighted by molar-refractivity contribution is 0.0954. The van der Waals surface area contributed by atoms with Gasteiger partial charge in [-0.1, -0.05) is 24.3 Å². The van der Waals surface area contributed by atoms with Crippen LogP contribution in [-0.2, 0) is 23.0 Å². The zero-order chi connectivity index (χ0) is 27.9. The van der Waals surface area contributed by atoms with Crippen molar-refractivity contribution in [3.63, 3.8) is 0 Å². The number of nitrogens with zero attached hydrogens (tertiary/aromatic N) is 1. The lowest BCUT2D eigenvalue weighted by Crippen LogP contribution is -2.33. The van der Waals surface area contributed by atoms with Gasteiger partial charge in [0.05, 0.1) is 52.5 Å². The molecule has 38 heavy (non-hydrogen) atoms. The summed E-state index contributed by atoms with van der Waals surface area (Å²) in [7, 11) is 1.94. The lowest BCUT2D eigenvalue weighted by Gasteiger charge is -2.26. The summed E-state index contributed by atoms with van der Waals surface area (Å²) in [6, 6.07) is 14.1. The van der Waals surface area contributed by atoms with Gasteiger partial charge in [0.25, 0.3) is 5.91 Å². The van der Waals surface area contributed by atoms with Crippen molar-refractivity contribution in [2.24, 2.45) is 0 Å². The third-order valence-corrected chi connectivity index (χ3v) is 6.96. The summed E-state index contributed by atoms with van der Waals surface area (Å²) in [5.74, 6) is 0.500. The highest BCUT2D eigenvalue weighted by atomic mass is 32.2. The van der Waals surface area contributed by atoms with Crippen molar-refractivity contribution < 1.29 is 36.6 Å². The monoisotopic (exact) mass is 546 g/mol. The van der Waals surface area contributed by atoms with E-state index < -0.39 is 21.7 Å². The zero-order valence-electron chi connectivity index (χ0n) is 21.9. The molecule has 0 bridgehead atoms. The quantitative estimate of drug-likeness (QED) is 0.369. The number of hydrogen-bond donors (Lipinski definition) is 1. The Morgan fingerprint density at radius 1 is 0.868 bits per heavy atom. The van der Waals surface area contributed by atoms with Crippen LogP contribution in [0.2, 0.25) is 0 Å². The van der Waals surface area contributed by atoms with Crippen LogP contribution in [0, 0.1) is 5.82 Å². The van der Waals surface area contributed by atoms with Crippen molar-refractivity contribution in [2.75, 3.05) is 45.5 Å². The van der Waals surface area contributed by atoms with Crippen LogP contribution in [0.4, 0.5) is 10.1 Å². The molecule has 0 radical (unpaired) electrons. The van der Waals surface area contributed by atoms with Gasteiger partial charge in [0.2, 0.25) is 10.0 Å². The fraction of sp³-hybridized carbons (Fsp3) is 0.296. The van der Waals surface area contributed by atoms with Crippen molar-refractivity contribution in [2.45, 2.75) is 13.0 Å². The highest BCUT2D eigenvalue weighted by Crippen LogP contribution is 2.37. The summed E-state index contributed by atoms with van der Waals surface area (Å²) in [5.41, 5.74) is 1.09. The third-order valence-electron chi connectivity index (χ3n) is 5.83. The molecule has 9 nitrogen and oxygen atoms in total. The molecule has 0 saturated carbocycles. The van der Waals surface area contributed by atoms with Crippen LogP contribution >= 0.6 is 0 Å². The molecule has 204 valence electrons. The summed E-state index contributed by atoms with van der Waals surface area (Å²) in [5, 5.41) is 2.82. The van der Waals surface area contributed by atoms with Gasteiger partial charge in [-0.2, -0.15) is 0 Å². The summed E-state index contributed by atoms with van der Waals surface area (Å²) in [6.45, 7) is -0.0821. The van der Waals surface area contributed by atoms with E-state index in [0.717, 1.165) is 16.1 Å². The minimum absolute atomic E-state index is 0.0247. The average Bonchev–Trinajstić information content (AvgIpc) is 2.91. The number of halogens is 1. The molecule has 0 atom stereocenters. The number of nitrogens with one attached hydrogen (secondary N) is 1. The minimum atomic E-state index is -3.95. The Kier molecular flexibility index (Phi) is 9.40. The Morgan fingerprint density at radius 2 is 1.47 bits per heavy atom. The van der Waals surface area contributed by atoms with E-state index in [4.69, 9.17) is 18.9 Å². The average molecular weight is 547 g/mol. The van der Waals surface area contributed by atoms with Crippen LogP contribution < -0.4 is 28.6 Å². The van der Waals surface area contributed by atoms with Gasteiger partial charge in [0.1, 0.15) is 5.82 Å². The molecule has 0 aliphatic heterocycles. The maximum Gasteiger partial charge on any atom is 0.253 e. The Bertz CT molecular complexity index is 1400. The fourth-order valence-corrected chi connectivity index (χ4v) is 4.75. The molecule has 0 saturated heterocycles. The zero-order valence-corrected chi connectivity index (χ0v) is 22.7. The van der Waals surface area contributed by atoms with Gasteiger partial charge in [0.15, 0.2) is 23.0 Å². The maximum atomic E-state index is 14.4. The molecule has 0 spiro atoms. The number of anilines is 1. The number of carbonyl (C=O) groups excluding carboxylic acids is 1. The molecule has 11 heteroatoms. The predicted octanol–water partition coefficient (Wildman–Crippen LogP) is 3.80. The van der Waals surface area contributed by atoms with Crippen molar-refractivity contribution >= 4 is 21.6 Å². The van der Waals surface area contributed by atoms with Crippen molar-refractivity contribution in [1.82, 2.24) is 5.32 Å². The molecule has 0 aliphatic rings. The van der Waals surface area contributed by atoms with Gasteiger partial charge in [-0.15, -0.1) is 0 Å². The molecule has 0 fully saturated rings. The molecule has 1 N–H and O–H groups in total. The second-order valence-electron chi connectivity index (χ2n) is 8.28. The van der Waals surface area contributed by atoms with Gasteiger partial charge in [0, 0.05) is 18.2 Å². The molecule has 1 amide bonds. The van der Waals surface area contributed by atoms with Gasteiger partial charge in [-0.25, -0.2) is 12.8 Å². The van der Waals surface area contributed by atoms with Crippen LogP contribution in [0.1, 0.15) is 21.5 Å². The maximum absolute atomic E-state index is 14.4. The van der Waals surface area contributed by atoms with E-state index in [1.807, 2.05) is 12.1 Å². The number of sulfonamides is 1. The number of ether oxygens (including phenoxy) is 4. The second-order valence-corrected chi connectivity index (χ2v) is 10.2. The highest BCUT2D eigenvalue weighted by molar-refractivity contribution is 7.92. The molecule has 3 rings (SSSR count). The largest absolute Gasteiger partial charge is 0.493 e. The standard InChI is InChI=1S/C27H31FN2O7S/c1-34-23-11-10-18(14-24(23)35-2)12-13-29-27(31)20-15-25(36-3)26(37-4)16-22(20)30(38(5,32)33)17-19-8-6-7-9-21(19)28/h6-11,14-16H,12-13,17H2,1-5H3,(H,29,31). The first-order valence-corrected chi connectivity index (χ1v) is 13.4. The van der Waals surface area contributed by atoms with Crippen LogP contribution in [0.15, 0.2) is 54.6 Å². The number of carbonyl (C=O) groups is 1. The Labute approximate surface area is 222 Å². The minimum Gasteiger partial charge on any atom is -0.493 e. The highest BCUT2D eigenvalue weighted by Gasteiger charge is 2.27. The lowest BCUT2D eigenvalue weighted by atomic mass is 10.1. The van der Waals surface area contributed by atoms with E-state index in [1.165, 1.54) is 51.7 Å². The number of hydrogen-bond acceptors (Lipinski definition) is 7. The van der Waals surface area contributed by atoms with Gasteiger partial charge < -0.3 is 24.3 Å².